The molecule has 1 rings (SSSR count). The van der Waals surface area contributed by atoms with Gasteiger partial charge in [0.15, 0.2) is 0 Å². The standard InChI is InChI=1S/C11H16N2O2/c1-8(12)6-11(14)13-9-4-3-5-10(7-9)15-2/h3-5,7-8H,6,12H2,1-2H3,(H,13,14). The molecule has 0 heterocycles. The van der Waals surface area contributed by atoms with Crippen LogP contribution in [0.5, 0.6) is 5.75 Å². The van der Waals surface area contributed by atoms with Crippen LogP contribution in [0.1, 0.15) is 13.3 Å². The summed E-state index contributed by atoms with van der Waals surface area (Å²) in [5.41, 5.74) is 6.24. The van der Waals surface area contributed by atoms with Crippen LogP contribution >= 0.6 is 0 Å². The largest absolute Gasteiger partial charge is 0.497 e. The number of carbonyl (C=O) groups is 1. The second-order valence-electron chi connectivity index (χ2n) is 3.46. The van der Waals surface area contributed by atoms with Crippen LogP contribution in [-0.2, 0) is 4.79 Å². The van der Waals surface area contributed by atoms with E-state index in [4.69, 9.17) is 10.5 Å². The van der Waals surface area contributed by atoms with E-state index >= 15 is 0 Å². The monoisotopic (exact) mass is 208 g/mol. The quantitative estimate of drug-likeness (QED) is 0.785. The molecule has 0 spiro atoms. The first-order valence-electron chi connectivity index (χ1n) is 4.81. The normalized spacial score (nSPS) is 11.9. The Hall–Kier alpha value is -1.55. The first kappa shape index (κ1) is 11.5. The van der Waals surface area contributed by atoms with E-state index < -0.39 is 0 Å². The molecule has 1 atom stereocenters. The molecule has 0 aliphatic rings. The molecule has 1 aromatic rings. The molecule has 0 saturated carbocycles. The van der Waals surface area contributed by atoms with Gasteiger partial charge in [-0.05, 0) is 19.1 Å². The molecular weight excluding hydrogens is 192 g/mol. The maximum Gasteiger partial charge on any atom is 0.225 e. The second kappa shape index (κ2) is 5.36. The average Bonchev–Trinajstić information content (AvgIpc) is 2.16. The summed E-state index contributed by atoms with van der Waals surface area (Å²) >= 11 is 0. The van der Waals surface area contributed by atoms with Gasteiger partial charge < -0.3 is 15.8 Å². The number of carbonyl (C=O) groups excluding carboxylic acids is 1. The fourth-order valence-corrected chi connectivity index (χ4v) is 1.21. The zero-order valence-corrected chi connectivity index (χ0v) is 8.99. The van der Waals surface area contributed by atoms with Gasteiger partial charge in [-0.3, -0.25) is 4.79 Å². The Morgan fingerprint density at radius 2 is 2.33 bits per heavy atom. The van der Waals surface area contributed by atoms with Crippen LogP contribution in [-0.4, -0.2) is 19.1 Å². The number of ether oxygens (including phenoxy) is 1. The summed E-state index contributed by atoms with van der Waals surface area (Å²) in [5, 5.41) is 2.75. The van der Waals surface area contributed by atoms with Crippen molar-refractivity contribution in [3.63, 3.8) is 0 Å². The lowest BCUT2D eigenvalue weighted by Crippen LogP contribution is -2.23. The van der Waals surface area contributed by atoms with Crippen molar-refractivity contribution in [1.82, 2.24) is 0 Å². The van der Waals surface area contributed by atoms with Crippen LogP contribution in [0.25, 0.3) is 0 Å². The molecule has 4 heteroatoms. The van der Waals surface area contributed by atoms with E-state index in [9.17, 15) is 4.79 Å². The minimum atomic E-state index is -0.129. The Bertz CT molecular complexity index is 337. The van der Waals surface area contributed by atoms with Crippen molar-refractivity contribution < 1.29 is 9.53 Å². The zero-order chi connectivity index (χ0) is 11.3. The molecule has 0 fully saturated rings. The minimum Gasteiger partial charge on any atom is -0.497 e. The molecule has 0 bridgehead atoms. The van der Waals surface area contributed by atoms with Crippen molar-refractivity contribution in [3.8, 4) is 5.75 Å². The Morgan fingerprint density at radius 3 is 2.93 bits per heavy atom. The van der Waals surface area contributed by atoms with Gasteiger partial charge in [0.1, 0.15) is 5.75 Å². The highest BCUT2D eigenvalue weighted by Crippen LogP contribution is 2.16. The summed E-state index contributed by atoms with van der Waals surface area (Å²) in [4.78, 5) is 11.4. The van der Waals surface area contributed by atoms with E-state index in [0.29, 0.717) is 12.2 Å². The fraction of sp³-hybridized carbons (Fsp3) is 0.364. The molecule has 3 N–H and O–H groups in total. The summed E-state index contributed by atoms with van der Waals surface area (Å²) in [6.45, 7) is 1.80. The van der Waals surface area contributed by atoms with Gasteiger partial charge in [0.25, 0.3) is 0 Å². The molecule has 1 aromatic carbocycles. The molecule has 15 heavy (non-hydrogen) atoms. The maximum atomic E-state index is 11.4. The predicted octanol–water partition coefficient (Wildman–Crippen LogP) is 1.37. The summed E-state index contributed by atoms with van der Waals surface area (Å²) in [7, 11) is 1.59. The SMILES string of the molecule is COc1cccc(NC(=O)CC(C)N)c1. The van der Waals surface area contributed by atoms with Crippen molar-refractivity contribution in [3.05, 3.63) is 24.3 Å². The van der Waals surface area contributed by atoms with Crippen LogP contribution < -0.4 is 15.8 Å². The van der Waals surface area contributed by atoms with Gasteiger partial charge in [0, 0.05) is 24.2 Å². The number of hydrogen-bond donors (Lipinski definition) is 2. The van der Waals surface area contributed by atoms with E-state index in [0.717, 1.165) is 5.69 Å². The molecule has 82 valence electrons. The van der Waals surface area contributed by atoms with Crippen molar-refractivity contribution in [2.24, 2.45) is 5.73 Å². The Kier molecular flexibility index (Phi) is 4.12. The van der Waals surface area contributed by atoms with Crippen molar-refractivity contribution in [1.29, 1.82) is 0 Å². The highest BCUT2D eigenvalue weighted by molar-refractivity contribution is 5.91. The Morgan fingerprint density at radius 1 is 1.60 bits per heavy atom. The lowest BCUT2D eigenvalue weighted by atomic mass is 10.2. The molecule has 0 aromatic heterocycles. The van der Waals surface area contributed by atoms with Crippen LogP contribution in [0, 0.1) is 0 Å². The van der Waals surface area contributed by atoms with E-state index in [1.54, 1.807) is 20.1 Å². The van der Waals surface area contributed by atoms with Crippen molar-refractivity contribution in [2.45, 2.75) is 19.4 Å². The van der Waals surface area contributed by atoms with E-state index in [1.165, 1.54) is 0 Å². The van der Waals surface area contributed by atoms with Crippen LogP contribution in [0.2, 0.25) is 0 Å². The number of nitrogens with two attached hydrogens (primary N) is 1. The molecule has 0 aliphatic heterocycles. The number of hydrogen-bond acceptors (Lipinski definition) is 3. The zero-order valence-electron chi connectivity index (χ0n) is 8.99. The smallest absolute Gasteiger partial charge is 0.225 e. The molecule has 1 amide bonds. The highest BCUT2D eigenvalue weighted by atomic mass is 16.5. The average molecular weight is 208 g/mol. The third-order valence-corrected chi connectivity index (χ3v) is 1.86. The first-order valence-corrected chi connectivity index (χ1v) is 4.81. The van der Waals surface area contributed by atoms with Gasteiger partial charge in [-0.1, -0.05) is 6.07 Å². The molecule has 0 aliphatic carbocycles. The number of methoxy groups -OCH3 is 1. The summed E-state index contributed by atoms with van der Waals surface area (Å²) < 4.78 is 5.04. The molecule has 0 saturated heterocycles. The van der Waals surface area contributed by atoms with Crippen LogP contribution in [0.4, 0.5) is 5.69 Å². The molecule has 0 radical (unpaired) electrons. The van der Waals surface area contributed by atoms with E-state index in [2.05, 4.69) is 5.32 Å². The summed E-state index contributed by atoms with van der Waals surface area (Å²) in [6.07, 6.45) is 0.317. The number of anilines is 1. The first-order chi connectivity index (χ1) is 7.11. The number of benzene rings is 1. The number of rotatable bonds is 4. The molecule has 1 unspecified atom stereocenters. The van der Waals surface area contributed by atoms with Gasteiger partial charge >= 0.3 is 0 Å². The molecule has 4 nitrogen and oxygen atoms in total. The Labute approximate surface area is 89.4 Å². The number of nitrogens with one attached hydrogen (secondary N) is 1. The maximum absolute atomic E-state index is 11.4. The minimum absolute atomic E-state index is 0.0850. The van der Waals surface area contributed by atoms with Gasteiger partial charge in [0.2, 0.25) is 5.91 Å². The third-order valence-electron chi connectivity index (χ3n) is 1.86. The van der Waals surface area contributed by atoms with E-state index in [-0.39, 0.29) is 11.9 Å². The van der Waals surface area contributed by atoms with Gasteiger partial charge in [-0.25, -0.2) is 0 Å². The second-order valence-corrected chi connectivity index (χ2v) is 3.46. The van der Waals surface area contributed by atoms with Crippen molar-refractivity contribution in [2.75, 3.05) is 12.4 Å². The molecular formula is C11H16N2O2. The highest BCUT2D eigenvalue weighted by Gasteiger charge is 2.05. The van der Waals surface area contributed by atoms with Gasteiger partial charge in [-0.2, -0.15) is 0 Å². The fourth-order valence-electron chi connectivity index (χ4n) is 1.21. The van der Waals surface area contributed by atoms with Gasteiger partial charge in [0.05, 0.1) is 7.11 Å². The van der Waals surface area contributed by atoms with Gasteiger partial charge in [-0.15, -0.1) is 0 Å². The van der Waals surface area contributed by atoms with Crippen LogP contribution in [0.15, 0.2) is 24.3 Å². The topological polar surface area (TPSA) is 64.3 Å². The predicted molar refractivity (Wildman–Crippen MR) is 59.9 cm³/mol. The van der Waals surface area contributed by atoms with Crippen LogP contribution in [0.3, 0.4) is 0 Å². The number of amides is 1. The van der Waals surface area contributed by atoms with Crippen molar-refractivity contribution >= 4 is 11.6 Å². The third kappa shape index (κ3) is 3.99. The Balaban J connectivity index is 2.60. The lowest BCUT2D eigenvalue weighted by Gasteiger charge is -2.08. The summed E-state index contributed by atoms with van der Waals surface area (Å²) in [6, 6.07) is 7.08. The lowest BCUT2D eigenvalue weighted by molar-refractivity contribution is -0.116. The summed E-state index contributed by atoms with van der Waals surface area (Å²) in [5.74, 6) is 0.631. The van der Waals surface area contributed by atoms with E-state index in [1.807, 2.05) is 18.2 Å².